The van der Waals surface area contributed by atoms with E-state index in [0.29, 0.717) is 29.2 Å². The number of halogens is 1. The van der Waals surface area contributed by atoms with E-state index in [0.717, 1.165) is 0 Å². The van der Waals surface area contributed by atoms with Crippen LogP contribution >= 0.6 is 0 Å². The molecule has 1 amide bonds. The van der Waals surface area contributed by atoms with Crippen molar-refractivity contribution in [2.75, 3.05) is 11.9 Å². The lowest BCUT2D eigenvalue weighted by atomic mass is 10.1. The van der Waals surface area contributed by atoms with E-state index in [4.69, 9.17) is 4.74 Å². The third-order valence-electron chi connectivity index (χ3n) is 3.24. The number of carbonyl (C=O) groups excluding carboxylic acids is 2. The highest BCUT2D eigenvalue weighted by atomic mass is 19.1. The maximum atomic E-state index is 12.8. The molecule has 124 valence electrons. The average molecular weight is 327 g/mol. The maximum Gasteiger partial charge on any atom is 0.248 e. The van der Waals surface area contributed by atoms with E-state index < -0.39 is 0 Å². The third-order valence-corrected chi connectivity index (χ3v) is 3.24. The number of hydrogen-bond acceptors (Lipinski definition) is 3. The molecule has 0 aliphatic heterocycles. The fourth-order valence-corrected chi connectivity index (χ4v) is 2.05. The van der Waals surface area contributed by atoms with Gasteiger partial charge in [0, 0.05) is 11.6 Å². The largest absolute Gasteiger partial charge is 0.492 e. The second kappa shape index (κ2) is 8.06. The molecule has 4 nitrogen and oxygen atoms in total. The van der Waals surface area contributed by atoms with Crippen molar-refractivity contribution in [2.24, 2.45) is 0 Å². The van der Waals surface area contributed by atoms with Gasteiger partial charge in [0.25, 0.3) is 0 Å². The monoisotopic (exact) mass is 327 g/mol. The molecule has 0 saturated heterocycles. The molecule has 0 unspecified atom stereocenters. The Morgan fingerprint density at radius 3 is 2.50 bits per heavy atom. The van der Waals surface area contributed by atoms with Crippen LogP contribution in [0.3, 0.4) is 0 Å². The zero-order valence-electron chi connectivity index (χ0n) is 13.5. The molecule has 2 rings (SSSR count). The van der Waals surface area contributed by atoms with E-state index in [-0.39, 0.29) is 17.5 Å². The van der Waals surface area contributed by atoms with Gasteiger partial charge in [0.2, 0.25) is 5.91 Å². The molecular weight excluding hydrogens is 309 g/mol. The van der Waals surface area contributed by atoms with E-state index >= 15 is 0 Å². The van der Waals surface area contributed by atoms with Gasteiger partial charge in [0.05, 0.1) is 12.3 Å². The van der Waals surface area contributed by atoms with Crippen LogP contribution in [-0.2, 0) is 4.79 Å². The molecule has 0 radical (unpaired) electrons. The highest BCUT2D eigenvalue weighted by molar-refractivity contribution is 6.04. The van der Waals surface area contributed by atoms with Gasteiger partial charge in [-0.15, -0.1) is 0 Å². The Morgan fingerprint density at radius 1 is 1.17 bits per heavy atom. The molecule has 0 saturated carbocycles. The Bertz CT molecular complexity index is 767. The third kappa shape index (κ3) is 4.78. The van der Waals surface area contributed by atoms with Gasteiger partial charge in [0.1, 0.15) is 11.6 Å². The van der Waals surface area contributed by atoms with Crippen LogP contribution in [0.1, 0.15) is 29.8 Å². The van der Waals surface area contributed by atoms with Crippen LogP contribution in [0.4, 0.5) is 10.1 Å². The lowest BCUT2D eigenvalue weighted by molar-refractivity contribution is -0.111. The van der Waals surface area contributed by atoms with Gasteiger partial charge in [-0.3, -0.25) is 9.59 Å². The van der Waals surface area contributed by atoms with Crippen molar-refractivity contribution in [3.63, 3.8) is 0 Å². The van der Waals surface area contributed by atoms with Gasteiger partial charge >= 0.3 is 0 Å². The summed E-state index contributed by atoms with van der Waals surface area (Å²) in [6.45, 7) is 3.72. The summed E-state index contributed by atoms with van der Waals surface area (Å²) in [5, 5.41) is 2.70. The molecule has 2 aromatic carbocycles. The Morgan fingerprint density at radius 2 is 1.88 bits per heavy atom. The number of hydrogen-bond donors (Lipinski definition) is 1. The maximum absolute atomic E-state index is 12.8. The van der Waals surface area contributed by atoms with Crippen LogP contribution in [0.15, 0.2) is 48.5 Å². The minimum atomic E-state index is -0.374. The lowest BCUT2D eigenvalue weighted by Gasteiger charge is -2.11. The number of rotatable bonds is 6. The molecule has 2 aromatic rings. The first-order valence-corrected chi connectivity index (χ1v) is 7.52. The van der Waals surface area contributed by atoms with Crippen molar-refractivity contribution in [2.45, 2.75) is 13.8 Å². The summed E-state index contributed by atoms with van der Waals surface area (Å²) in [5.41, 5.74) is 1.61. The topological polar surface area (TPSA) is 55.4 Å². The van der Waals surface area contributed by atoms with Crippen molar-refractivity contribution >= 4 is 23.5 Å². The number of anilines is 1. The highest BCUT2D eigenvalue weighted by Gasteiger charge is 2.09. The van der Waals surface area contributed by atoms with Crippen molar-refractivity contribution in [3.05, 3.63) is 65.5 Å². The average Bonchev–Trinajstić information content (AvgIpc) is 2.56. The van der Waals surface area contributed by atoms with Crippen LogP contribution in [0.2, 0.25) is 0 Å². The van der Waals surface area contributed by atoms with E-state index in [9.17, 15) is 14.0 Å². The molecule has 0 aliphatic rings. The minimum Gasteiger partial charge on any atom is -0.492 e. The minimum absolute atomic E-state index is 0.101. The fourth-order valence-electron chi connectivity index (χ4n) is 2.05. The van der Waals surface area contributed by atoms with Gasteiger partial charge in [-0.1, -0.05) is 12.1 Å². The first kappa shape index (κ1) is 17.4. The Kier molecular flexibility index (Phi) is 5.84. The van der Waals surface area contributed by atoms with Gasteiger partial charge in [-0.05, 0) is 55.8 Å². The molecule has 0 aliphatic carbocycles. The molecule has 24 heavy (non-hydrogen) atoms. The van der Waals surface area contributed by atoms with Crippen molar-refractivity contribution in [1.82, 2.24) is 0 Å². The number of nitrogens with one attached hydrogen (secondary N) is 1. The van der Waals surface area contributed by atoms with E-state index in [1.54, 1.807) is 36.4 Å². The Labute approximate surface area is 140 Å². The second-order valence-corrected chi connectivity index (χ2v) is 5.07. The zero-order chi connectivity index (χ0) is 17.5. The van der Waals surface area contributed by atoms with Crippen LogP contribution in [-0.4, -0.2) is 18.3 Å². The zero-order valence-corrected chi connectivity index (χ0v) is 13.5. The van der Waals surface area contributed by atoms with E-state index in [2.05, 4.69) is 5.32 Å². The summed E-state index contributed by atoms with van der Waals surface area (Å²) in [6.07, 6.45) is 2.91. The SMILES string of the molecule is CCOc1ccc(C(C)=O)cc1NC(=O)/C=C/c1ccc(F)cc1. The summed E-state index contributed by atoms with van der Waals surface area (Å²) >= 11 is 0. The summed E-state index contributed by atoms with van der Waals surface area (Å²) in [4.78, 5) is 23.6. The molecule has 0 fully saturated rings. The number of benzene rings is 2. The van der Waals surface area contributed by atoms with Gasteiger partial charge < -0.3 is 10.1 Å². The van der Waals surface area contributed by atoms with E-state index in [1.165, 1.54) is 25.1 Å². The number of ether oxygens (including phenoxy) is 1. The normalized spacial score (nSPS) is 10.6. The smallest absolute Gasteiger partial charge is 0.248 e. The first-order chi connectivity index (χ1) is 11.5. The summed E-state index contributed by atoms with van der Waals surface area (Å²) in [7, 11) is 0. The molecule has 0 spiro atoms. The van der Waals surface area contributed by atoms with Crippen molar-refractivity contribution in [3.8, 4) is 5.75 Å². The summed E-state index contributed by atoms with van der Waals surface area (Å²) in [5.74, 6) is -0.318. The molecule has 1 N–H and O–H groups in total. The standard InChI is InChI=1S/C19H18FNO3/c1-3-24-18-10-7-15(13(2)22)12-17(18)21-19(23)11-6-14-4-8-16(20)9-5-14/h4-12H,3H2,1-2H3,(H,21,23)/b11-6+. The highest BCUT2D eigenvalue weighted by Crippen LogP contribution is 2.26. The lowest BCUT2D eigenvalue weighted by Crippen LogP contribution is -2.10. The van der Waals surface area contributed by atoms with Crippen LogP contribution in [0, 0.1) is 5.82 Å². The van der Waals surface area contributed by atoms with Gasteiger partial charge in [0.15, 0.2) is 5.78 Å². The number of Topliss-reactive ketones (excluding diaryl/α,β-unsaturated/α-hetero) is 1. The quantitative estimate of drug-likeness (QED) is 0.642. The van der Waals surface area contributed by atoms with Crippen molar-refractivity contribution in [1.29, 1.82) is 0 Å². The van der Waals surface area contributed by atoms with E-state index in [1.807, 2.05) is 6.92 Å². The van der Waals surface area contributed by atoms with Crippen molar-refractivity contribution < 1.29 is 18.7 Å². The molecular formula is C19H18FNO3. The molecule has 5 heteroatoms. The number of carbonyl (C=O) groups is 2. The molecule has 0 aromatic heterocycles. The second-order valence-electron chi connectivity index (χ2n) is 5.07. The number of amides is 1. The van der Waals surface area contributed by atoms with Crippen LogP contribution < -0.4 is 10.1 Å². The molecule has 0 heterocycles. The van der Waals surface area contributed by atoms with Gasteiger partial charge in [-0.25, -0.2) is 4.39 Å². The molecule has 0 bridgehead atoms. The summed E-state index contributed by atoms with van der Waals surface area (Å²) < 4.78 is 18.3. The summed E-state index contributed by atoms with van der Waals surface area (Å²) in [6, 6.07) is 10.7. The predicted molar refractivity (Wildman–Crippen MR) is 91.7 cm³/mol. The predicted octanol–water partition coefficient (Wildman–Crippen LogP) is 4.08. The Balaban J connectivity index is 2.16. The number of ketones is 1. The van der Waals surface area contributed by atoms with Gasteiger partial charge in [-0.2, -0.15) is 0 Å². The Hall–Kier alpha value is -2.95. The molecule has 0 atom stereocenters. The fraction of sp³-hybridized carbons (Fsp3) is 0.158. The first-order valence-electron chi connectivity index (χ1n) is 7.52. The van der Waals surface area contributed by atoms with Crippen LogP contribution in [0.5, 0.6) is 5.75 Å². The van der Waals surface area contributed by atoms with Crippen LogP contribution in [0.25, 0.3) is 6.08 Å².